The highest BCUT2D eigenvalue weighted by atomic mass is 32.1. The number of nitrogens with one attached hydrogen (secondary N) is 2. The van der Waals surface area contributed by atoms with E-state index < -0.39 is 35.0 Å². The molecule has 3 aromatic rings. The molecule has 0 saturated heterocycles. The Kier molecular flexibility index (Phi) is 9.93. The van der Waals surface area contributed by atoms with Gasteiger partial charge in [0.1, 0.15) is 12.1 Å². The number of allylic oxidation sites excluding steroid dienone is 1. The van der Waals surface area contributed by atoms with E-state index in [1.165, 1.54) is 25.1 Å². The van der Waals surface area contributed by atoms with Gasteiger partial charge in [-0.15, -0.1) is 12.6 Å². The molecule has 42 heavy (non-hydrogen) atoms. The van der Waals surface area contributed by atoms with Crippen LogP contribution in [-0.2, 0) is 27.3 Å². The summed E-state index contributed by atoms with van der Waals surface area (Å²) < 4.78 is 0. The fraction of sp³-hybridized carbons (Fsp3) is 0.219. The van der Waals surface area contributed by atoms with Crippen LogP contribution in [-0.4, -0.2) is 50.9 Å². The molecule has 4 rings (SSSR count). The Labute approximate surface area is 249 Å². The van der Waals surface area contributed by atoms with Gasteiger partial charge in [-0.05, 0) is 47.2 Å². The van der Waals surface area contributed by atoms with Gasteiger partial charge in [-0.1, -0.05) is 66.7 Å². The summed E-state index contributed by atoms with van der Waals surface area (Å²) in [5, 5.41) is 14.0. The maximum absolute atomic E-state index is 13.5. The van der Waals surface area contributed by atoms with Crippen LogP contribution in [0.1, 0.15) is 51.6 Å². The number of amides is 3. The highest BCUT2D eigenvalue weighted by Crippen LogP contribution is 2.21. The third-order valence-electron chi connectivity index (χ3n) is 6.90. The minimum atomic E-state index is -1.28. The second kappa shape index (κ2) is 13.8. The zero-order valence-corrected chi connectivity index (χ0v) is 23.8. The molecule has 0 aromatic heterocycles. The molecule has 3 amide bonds. The average molecular weight is 586 g/mol. The Morgan fingerprint density at radius 2 is 1.62 bits per heavy atom. The van der Waals surface area contributed by atoms with Crippen LogP contribution in [0.15, 0.2) is 85.1 Å². The van der Waals surface area contributed by atoms with Crippen molar-refractivity contribution >= 4 is 41.4 Å². The number of hydrogen-bond acceptors (Lipinski definition) is 5. The first-order chi connectivity index (χ1) is 20.1. The lowest BCUT2D eigenvalue weighted by molar-refractivity contribution is -0.135. The van der Waals surface area contributed by atoms with Crippen molar-refractivity contribution in [3.05, 3.63) is 107 Å². The van der Waals surface area contributed by atoms with Crippen molar-refractivity contribution < 1.29 is 29.1 Å². The van der Waals surface area contributed by atoms with Gasteiger partial charge in [0.15, 0.2) is 0 Å². The van der Waals surface area contributed by atoms with Crippen molar-refractivity contribution in [1.29, 1.82) is 0 Å². The van der Waals surface area contributed by atoms with Crippen molar-refractivity contribution in [1.82, 2.24) is 15.5 Å². The molecule has 1 heterocycles. The summed E-state index contributed by atoms with van der Waals surface area (Å²) in [5.74, 6) is -2.59. The number of hydrogen-bond donors (Lipinski definition) is 4. The largest absolute Gasteiger partial charge is 0.478 e. The van der Waals surface area contributed by atoms with Crippen LogP contribution >= 0.6 is 12.6 Å². The summed E-state index contributed by atoms with van der Waals surface area (Å²) in [6.45, 7) is 1.59. The highest BCUT2D eigenvalue weighted by Gasteiger charge is 2.30. The van der Waals surface area contributed by atoms with Gasteiger partial charge in [0, 0.05) is 25.1 Å². The van der Waals surface area contributed by atoms with E-state index in [2.05, 4.69) is 23.3 Å². The number of aromatic carboxylic acids is 1. The van der Waals surface area contributed by atoms with Crippen molar-refractivity contribution in [2.24, 2.45) is 0 Å². The van der Waals surface area contributed by atoms with E-state index in [0.717, 1.165) is 16.7 Å². The van der Waals surface area contributed by atoms with E-state index in [0.29, 0.717) is 24.9 Å². The molecule has 0 saturated carbocycles. The zero-order chi connectivity index (χ0) is 30.2. The van der Waals surface area contributed by atoms with Crippen molar-refractivity contribution in [3.63, 3.8) is 0 Å². The van der Waals surface area contributed by atoms with Crippen LogP contribution < -0.4 is 10.6 Å². The first-order valence-corrected chi connectivity index (χ1v) is 13.9. The maximum Gasteiger partial charge on any atom is 0.336 e. The fourth-order valence-corrected chi connectivity index (χ4v) is 4.99. The summed E-state index contributed by atoms with van der Waals surface area (Å²) in [6, 6.07) is 20.1. The van der Waals surface area contributed by atoms with E-state index in [-0.39, 0.29) is 23.5 Å². The minimum Gasteiger partial charge on any atom is -0.478 e. The van der Waals surface area contributed by atoms with Gasteiger partial charge in [0.2, 0.25) is 22.8 Å². The molecule has 0 aliphatic carbocycles. The summed E-state index contributed by atoms with van der Waals surface area (Å²) in [7, 11) is 0. The number of benzene rings is 3. The summed E-state index contributed by atoms with van der Waals surface area (Å²) in [4.78, 5) is 63.7. The number of carbonyl (C=O) groups excluding carboxylic acids is 4. The first kappa shape index (κ1) is 30.3. The normalized spacial score (nSPS) is 15.4. The molecule has 2 atom stereocenters. The molecule has 0 radical (unpaired) electrons. The second-order valence-corrected chi connectivity index (χ2v) is 10.4. The molecular formula is C32H31N3O6S. The van der Waals surface area contributed by atoms with Gasteiger partial charge in [0.25, 0.3) is 0 Å². The third-order valence-corrected chi connectivity index (χ3v) is 7.14. The Bertz CT molecular complexity index is 1520. The second-order valence-electron chi connectivity index (χ2n) is 10.00. The van der Waals surface area contributed by atoms with Crippen LogP contribution in [0.2, 0.25) is 0 Å². The Balaban J connectivity index is 1.46. The van der Waals surface area contributed by atoms with Crippen molar-refractivity contribution in [2.45, 2.75) is 44.8 Å². The number of carboxylic acid groups (broad SMARTS) is 1. The lowest BCUT2D eigenvalue weighted by Gasteiger charge is -2.26. The van der Waals surface area contributed by atoms with Gasteiger partial charge in [-0.25, -0.2) is 4.79 Å². The molecule has 0 fully saturated rings. The summed E-state index contributed by atoms with van der Waals surface area (Å²) >= 11 is 3.76. The van der Waals surface area contributed by atoms with E-state index in [1.54, 1.807) is 11.1 Å². The Hall–Kier alpha value is -4.70. The molecule has 0 bridgehead atoms. The standard InChI is InChI=1S/C32H31N3O6S/c1-20(36)33-28(18-22-12-15-25(31(39)40)26(17-22)32(41)42)29(37)34-27-9-5-6-16-35(30(27)38)19-21-10-13-24(14-11-21)23-7-3-2-4-8-23/h2-4,6-8,10-17,27-28H,5,9,18-19H2,1H3,(H,33,36)(H,34,37)(H,39,40)(H,41,42)/t27-,28-/m0/s1. The average Bonchev–Trinajstić information content (AvgIpc) is 3.13. The number of carbonyl (C=O) groups is 5. The van der Waals surface area contributed by atoms with E-state index in [4.69, 9.17) is 0 Å². The first-order valence-electron chi connectivity index (χ1n) is 13.4. The topological polar surface area (TPSA) is 133 Å². The fourth-order valence-electron chi connectivity index (χ4n) is 4.80. The van der Waals surface area contributed by atoms with Gasteiger partial charge in [-0.3, -0.25) is 19.2 Å². The lowest BCUT2D eigenvalue weighted by Crippen LogP contribution is -2.53. The molecule has 10 heteroatoms. The molecule has 1 aliphatic rings. The number of nitrogens with zero attached hydrogens (tertiary/aromatic N) is 1. The van der Waals surface area contributed by atoms with Gasteiger partial charge in [-0.2, -0.15) is 0 Å². The zero-order valence-electron chi connectivity index (χ0n) is 22.9. The quantitative estimate of drug-likeness (QED) is 0.266. The van der Waals surface area contributed by atoms with Crippen molar-refractivity contribution in [2.75, 3.05) is 0 Å². The Morgan fingerprint density at radius 3 is 2.26 bits per heavy atom. The highest BCUT2D eigenvalue weighted by molar-refractivity contribution is 7.97. The van der Waals surface area contributed by atoms with E-state index in [1.807, 2.05) is 60.7 Å². The minimum absolute atomic E-state index is 0.0317. The smallest absolute Gasteiger partial charge is 0.336 e. The van der Waals surface area contributed by atoms with Crippen LogP contribution in [0.4, 0.5) is 0 Å². The maximum atomic E-state index is 13.5. The van der Waals surface area contributed by atoms with Crippen LogP contribution in [0.3, 0.4) is 0 Å². The molecule has 0 spiro atoms. The molecule has 3 aromatic carbocycles. The van der Waals surface area contributed by atoms with Gasteiger partial charge in [0.05, 0.1) is 12.1 Å². The van der Waals surface area contributed by atoms with Crippen LogP contribution in [0.25, 0.3) is 11.1 Å². The molecular weight excluding hydrogens is 554 g/mol. The molecule has 1 aliphatic heterocycles. The predicted octanol–water partition coefficient (Wildman–Crippen LogP) is 3.99. The van der Waals surface area contributed by atoms with Crippen LogP contribution in [0, 0.1) is 0 Å². The third kappa shape index (κ3) is 7.73. The monoisotopic (exact) mass is 585 g/mol. The van der Waals surface area contributed by atoms with E-state index >= 15 is 0 Å². The molecule has 9 nitrogen and oxygen atoms in total. The van der Waals surface area contributed by atoms with Crippen molar-refractivity contribution in [3.8, 4) is 11.1 Å². The number of carboxylic acids is 1. The number of thiol groups is 1. The van der Waals surface area contributed by atoms with Gasteiger partial charge >= 0.3 is 5.97 Å². The van der Waals surface area contributed by atoms with Gasteiger partial charge < -0.3 is 20.6 Å². The number of rotatable bonds is 10. The molecule has 3 N–H and O–H groups in total. The molecule has 216 valence electrons. The summed E-state index contributed by atoms with van der Waals surface area (Å²) in [5.41, 5.74) is 3.19. The Morgan fingerprint density at radius 1 is 0.952 bits per heavy atom. The lowest BCUT2D eigenvalue weighted by atomic mass is 9.99. The van der Waals surface area contributed by atoms with E-state index in [9.17, 15) is 29.1 Å². The SMILES string of the molecule is CC(=O)N[C@@H](Cc1ccc(C(=O)O)c(C(=O)S)c1)C(=O)N[C@H]1CCC=CN(Cc2ccc(-c3ccccc3)cc2)C1=O. The molecule has 0 unspecified atom stereocenters. The van der Waals surface area contributed by atoms with Crippen LogP contribution in [0.5, 0.6) is 0 Å². The predicted molar refractivity (Wildman–Crippen MR) is 161 cm³/mol. The summed E-state index contributed by atoms with van der Waals surface area (Å²) in [6.07, 6.45) is 4.52.